The zero-order chi connectivity index (χ0) is 16.2. The van der Waals surface area contributed by atoms with Crippen molar-refractivity contribution in [3.05, 3.63) is 53.9 Å². The van der Waals surface area contributed by atoms with Crippen LogP contribution in [0.4, 0.5) is 0 Å². The minimum Gasteiger partial charge on any atom is -0.468 e. The lowest BCUT2D eigenvalue weighted by atomic mass is 9.96. The Bertz CT molecular complexity index is 654. The molecule has 1 saturated heterocycles. The van der Waals surface area contributed by atoms with Crippen molar-refractivity contribution in [1.29, 1.82) is 0 Å². The highest BCUT2D eigenvalue weighted by Gasteiger charge is 2.33. The number of carbonyl (C=O) groups is 1. The van der Waals surface area contributed by atoms with Gasteiger partial charge in [0.2, 0.25) is 0 Å². The molecule has 1 aromatic heterocycles. The average molecular weight is 313 g/mol. The van der Waals surface area contributed by atoms with E-state index in [0.29, 0.717) is 6.04 Å². The second kappa shape index (κ2) is 6.96. The molecule has 1 fully saturated rings. The second-order valence-corrected chi connectivity index (χ2v) is 6.06. The van der Waals surface area contributed by atoms with Gasteiger partial charge in [-0.2, -0.15) is 5.10 Å². The highest BCUT2D eigenvalue weighted by Crippen LogP contribution is 2.31. The third-order valence-electron chi connectivity index (χ3n) is 4.60. The van der Waals surface area contributed by atoms with Crippen LogP contribution in [0, 0.1) is 6.92 Å². The highest BCUT2D eigenvalue weighted by molar-refractivity contribution is 5.78. The van der Waals surface area contributed by atoms with Crippen LogP contribution in [-0.2, 0) is 9.53 Å². The van der Waals surface area contributed by atoms with Gasteiger partial charge in [-0.3, -0.25) is 9.58 Å². The maximum absolute atomic E-state index is 12.5. The van der Waals surface area contributed by atoms with Crippen molar-refractivity contribution in [2.24, 2.45) is 0 Å². The zero-order valence-corrected chi connectivity index (χ0v) is 13.7. The summed E-state index contributed by atoms with van der Waals surface area (Å²) in [5.74, 6) is -0.194. The number of piperidine rings is 1. The predicted octanol–water partition coefficient (Wildman–Crippen LogP) is 2.74. The van der Waals surface area contributed by atoms with E-state index in [2.05, 4.69) is 10.00 Å². The first-order chi connectivity index (χ1) is 11.2. The molecule has 1 aromatic carbocycles. The molecule has 0 aliphatic carbocycles. The van der Waals surface area contributed by atoms with Gasteiger partial charge in [0.15, 0.2) is 0 Å². The number of aromatic nitrogens is 2. The van der Waals surface area contributed by atoms with Crippen LogP contribution in [0.25, 0.3) is 0 Å². The Balaban J connectivity index is 1.88. The lowest BCUT2D eigenvalue weighted by molar-refractivity contribution is -0.148. The van der Waals surface area contributed by atoms with Gasteiger partial charge in [-0.05, 0) is 43.5 Å². The van der Waals surface area contributed by atoms with Crippen LogP contribution in [-0.4, -0.2) is 40.8 Å². The standard InChI is InChI=1S/C18H23N3O2/c1-14-7-3-4-9-16(14)17(18(22)23-2)20-11-5-8-15(13-20)21-12-6-10-19-21/h3-4,6-7,9-10,12,15,17H,5,8,11,13H2,1-2H3/t15-,17+/m0/s1. The number of hydrogen-bond donors (Lipinski definition) is 0. The van der Waals surface area contributed by atoms with Crippen molar-refractivity contribution in [3.63, 3.8) is 0 Å². The molecule has 2 heterocycles. The Morgan fingerprint density at radius 3 is 2.87 bits per heavy atom. The molecular weight excluding hydrogens is 290 g/mol. The molecule has 0 unspecified atom stereocenters. The summed E-state index contributed by atoms with van der Waals surface area (Å²) in [5, 5.41) is 4.36. The molecule has 0 saturated carbocycles. The van der Waals surface area contributed by atoms with E-state index in [9.17, 15) is 4.79 Å². The summed E-state index contributed by atoms with van der Waals surface area (Å²) in [6, 6.07) is 9.94. The van der Waals surface area contributed by atoms with E-state index in [1.807, 2.05) is 48.1 Å². The van der Waals surface area contributed by atoms with E-state index in [1.165, 1.54) is 7.11 Å². The monoisotopic (exact) mass is 313 g/mol. The zero-order valence-electron chi connectivity index (χ0n) is 13.7. The number of rotatable bonds is 4. The van der Waals surface area contributed by atoms with Gasteiger partial charge < -0.3 is 4.74 Å². The summed E-state index contributed by atoms with van der Waals surface area (Å²) in [4.78, 5) is 14.7. The molecule has 0 bridgehead atoms. The van der Waals surface area contributed by atoms with Crippen LogP contribution in [0.5, 0.6) is 0 Å². The molecule has 2 aromatic rings. The Morgan fingerprint density at radius 2 is 2.17 bits per heavy atom. The minimum atomic E-state index is -0.348. The third kappa shape index (κ3) is 3.29. The molecule has 122 valence electrons. The van der Waals surface area contributed by atoms with Gasteiger partial charge >= 0.3 is 5.97 Å². The van der Waals surface area contributed by atoms with Crippen LogP contribution < -0.4 is 0 Å². The summed E-state index contributed by atoms with van der Waals surface area (Å²) < 4.78 is 7.10. The predicted molar refractivity (Wildman–Crippen MR) is 88.0 cm³/mol. The lowest BCUT2D eigenvalue weighted by Gasteiger charge is -2.37. The molecule has 2 atom stereocenters. The molecule has 5 nitrogen and oxygen atoms in total. The number of carbonyl (C=O) groups excluding carboxylic acids is 1. The maximum Gasteiger partial charge on any atom is 0.327 e. The van der Waals surface area contributed by atoms with E-state index in [1.54, 1.807) is 6.20 Å². The van der Waals surface area contributed by atoms with E-state index >= 15 is 0 Å². The lowest BCUT2D eigenvalue weighted by Crippen LogP contribution is -2.42. The van der Waals surface area contributed by atoms with Crippen molar-refractivity contribution in [1.82, 2.24) is 14.7 Å². The smallest absolute Gasteiger partial charge is 0.327 e. The molecule has 5 heteroatoms. The fraction of sp³-hybridized carbons (Fsp3) is 0.444. The van der Waals surface area contributed by atoms with Crippen molar-refractivity contribution in [2.75, 3.05) is 20.2 Å². The Hall–Kier alpha value is -2.14. The van der Waals surface area contributed by atoms with Gasteiger partial charge in [0.25, 0.3) is 0 Å². The van der Waals surface area contributed by atoms with Gasteiger partial charge in [-0.1, -0.05) is 24.3 Å². The molecule has 0 N–H and O–H groups in total. The number of esters is 1. The van der Waals surface area contributed by atoms with E-state index in [-0.39, 0.29) is 12.0 Å². The molecule has 0 radical (unpaired) electrons. The summed E-state index contributed by atoms with van der Waals surface area (Å²) in [7, 11) is 1.46. The molecule has 1 aliphatic rings. The molecule has 0 spiro atoms. The first kappa shape index (κ1) is 15.7. The summed E-state index contributed by atoms with van der Waals surface area (Å²) >= 11 is 0. The van der Waals surface area contributed by atoms with Gasteiger partial charge in [-0.15, -0.1) is 0 Å². The number of ether oxygens (including phenoxy) is 1. The van der Waals surface area contributed by atoms with Crippen LogP contribution in [0.15, 0.2) is 42.7 Å². The number of benzene rings is 1. The minimum absolute atomic E-state index is 0.194. The Kier molecular flexibility index (Phi) is 4.76. The molecule has 1 aliphatic heterocycles. The van der Waals surface area contributed by atoms with Crippen LogP contribution in [0.1, 0.15) is 36.1 Å². The van der Waals surface area contributed by atoms with Crippen molar-refractivity contribution < 1.29 is 9.53 Å². The first-order valence-corrected chi connectivity index (χ1v) is 8.07. The van der Waals surface area contributed by atoms with E-state index in [0.717, 1.165) is 37.1 Å². The van der Waals surface area contributed by atoms with Crippen molar-refractivity contribution in [3.8, 4) is 0 Å². The van der Waals surface area contributed by atoms with E-state index < -0.39 is 0 Å². The Labute approximate surface area is 136 Å². The number of nitrogens with zero attached hydrogens (tertiary/aromatic N) is 3. The fourth-order valence-corrected chi connectivity index (χ4v) is 3.41. The van der Waals surface area contributed by atoms with Gasteiger partial charge in [0, 0.05) is 18.9 Å². The van der Waals surface area contributed by atoms with Crippen LogP contribution >= 0.6 is 0 Å². The quantitative estimate of drug-likeness (QED) is 0.814. The third-order valence-corrected chi connectivity index (χ3v) is 4.60. The number of aryl methyl sites for hydroxylation is 1. The molecule has 3 rings (SSSR count). The Morgan fingerprint density at radius 1 is 1.35 bits per heavy atom. The number of hydrogen-bond acceptors (Lipinski definition) is 4. The van der Waals surface area contributed by atoms with Crippen LogP contribution in [0.2, 0.25) is 0 Å². The maximum atomic E-state index is 12.5. The number of likely N-dealkylation sites (tertiary alicyclic amines) is 1. The summed E-state index contributed by atoms with van der Waals surface area (Å²) in [6.07, 6.45) is 5.93. The van der Waals surface area contributed by atoms with E-state index in [4.69, 9.17) is 4.74 Å². The van der Waals surface area contributed by atoms with Crippen LogP contribution in [0.3, 0.4) is 0 Å². The molecule has 23 heavy (non-hydrogen) atoms. The van der Waals surface area contributed by atoms with Crippen molar-refractivity contribution >= 4 is 5.97 Å². The summed E-state index contributed by atoms with van der Waals surface area (Å²) in [5.41, 5.74) is 2.14. The van der Waals surface area contributed by atoms with Crippen molar-refractivity contribution in [2.45, 2.75) is 31.8 Å². The topological polar surface area (TPSA) is 47.4 Å². The highest BCUT2D eigenvalue weighted by atomic mass is 16.5. The largest absolute Gasteiger partial charge is 0.468 e. The summed E-state index contributed by atoms with van der Waals surface area (Å²) in [6.45, 7) is 3.74. The molecule has 0 amide bonds. The first-order valence-electron chi connectivity index (χ1n) is 8.07. The average Bonchev–Trinajstić information content (AvgIpc) is 3.11. The van der Waals surface area contributed by atoms with Gasteiger partial charge in [0.1, 0.15) is 6.04 Å². The van der Waals surface area contributed by atoms with Gasteiger partial charge in [0.05, 0.1) is 13.2 Å². The fourth-order valence-electron chi connectivity index (χ4n) is 3.41. The normalized spacial score (nSPS) is 20.2. The SMILES string of the molecule is COC(=O)[C@@H](c1ccccc1C)N1CCC[C@H](n2cccn2)C1. The second-order valence-electron chi connectivity index (χ2n) is 6.06. The number of methoxy groups -OCH3 is 1. The molecular formula is C18H23N3O2. The van der Waals surface area contributed by atoms with Gasteiger partial charge in [-0.25, -0.2) is 4.79 Å².